The maximum absolute atomic E-state index is 12.7. The van der Waals surface area contributed by atoms with Crippen LogP contribution in [-0.4, -0.2) is 26.3 Å². The van der Waals surface area contributed by atoms with Gasteiger partial charge in [0.1, 0.15) is 11.6 Å². The minimum atomic E-state index is -0.551. The molecule has 2 aromatic heterocycles. The molecule has 1 atom stereocenters. The number of hydrogen-bond acceptors (Lipinski definition) is 3. The Balaban J connectivity index is 2.54. The summed E-state index contributed by atoms with van der Waals surface area (Å²) in [5.74, 6) is -0.161. The van der Waals surface area contributed by atoms with Crippen molar-refractivity contribution in [2.24, 2.45) is 0 Å². The van der Waals surface area contributed by atoms with Gasteiger partial charge < -0.3 is 9.88 Å². The number of fused-ring (bicyclic) bond motifs is 1. The predicted octanol–water partition coefficient (Wildman–Crippen LogP) is 1.61. The van der Waals surface area contributed by atoms with E-state index in [2.05, 4.69) is 10.4 Å². The van der Waals surface area contributed by atoms with Crippen molar-refractivity contribution < 1.29 is 4.79 Å². The molecule has 0 aliphatic carbocycles. The number of aromatic nitrogens is 3. The van der Waals surface area contributed by atoms with Gasteiger partial charge in [0, 0.05) is 24.2 Å². The lowest BCUT2D eigenvalue weighted by atomic mass is 10.2. The van der Waals surface area contributed by atoms with E-state index in [1.54, 1.807) is 17.8 Å². The van der Waals surface area contributed by atoms with E-state index in [4.69, 9.17) is 0 Å². The van der Waals surface area contributed by atoms with Gasteiger partial charge in [0.2, 0.25) is 5.91 Å². The molecule has 6 nitrogen and oxygen atoms in total. The van der Waals surface area contributed by atoms with Crippen LogP contribution >= 0.6 is 0 Å². The molecule has 114 valence electrons. The highest BCUT2D eigenvalue weighted by molar-refractivity contribution is 5.83. The van der Waals surface area contributed by atoms with Crippen LogP contribution < -0.4 is 10.9 Å². The number of hydrogen-bond donors (Lipinski definition) is 1. The van der Waals surface area contributed by atoms with E-state index in [-0.39, 0.29) is 17.5 Å². The predicted molar refractivity (Wildman–Crippen MR) is 82.4 cm³/mol. The number of amides is 1. The molecule has 1 N–H and O–H groups in total. The van der Waals surface area contributed by atoms with Crippen molar-refractivity contribution in [1.29, 1.82) is 0 Å². The van der Waals surface area contributed by atoms with Gasteiger partial charge in [-0.25, -0.2) is 0 Å². The zero-order valence-corrected chi connectivity index (χ0v) is 13.2. The summed E-state index contributed by atoms with van der Waals surface area (Å²) in [6.45, 7) is 9.96. The van der Waals surface area contributed by atoms with Crippen molar-refractivity contribution in [2.45, 2.75) is 53.2 Å². The molecule has 0 bridgehead atoms. The Morgan fingerprint density at radius 2 is 2.05 bits per heavy atom. The van der Waals surface area contributed by atoms with E-state index in [9.17, 15) is 9.59 Å². The molecular weight excluding hydrogens is 268 g/mol. The van der Waals surface area contributed by atoms with E-state index in [1.165, 1.54) is 4.57 Å². The van der Waals surface area contributed by atoms with Crippen molar-refractivity contribution in [3.8, 4) is 0 Å². The standard InChI is InChI=1S/C15H22N4O2/c1-6-19-13-12(10(4)17-19)7-8-18(15(13)21)11(5)14(20)16-9(2)3/h7-9,11H,6H2,1-5H3,(H,16,20). The Morgan fingerprint density at radius 1 is 1.38 bits per heavy atom. The molecule has 0 aliphatic heterocycles. The second-order valence-electron chi connectivity index (χ2n) is 5.53. The second-order valence-corrected chi connectivity index (χ2v) is 5.53. The topological polar surface area (TPSA) is 68.9 Å². The first kappa shape index (κ1) is 15.3. The van der Waals surface area contributed by atoms with Gasteiger partial charge in [0.25, 0.3) is 5.56 Å². The van der Waals surface area contributed by atoms with E-state index in [0.29, 0.717) is 12.1 Å². The summed E-state index contributed by atoms with van der Waals surface area (Å²) in [6, 6.07) is 1.34. The van der Waals surface area contributed by atoms with Crippen LogP contribution in [0.25, 0.3) is 10.9 Å². The molecule has 2 heterocycles. The van der Waals surface area contributed by atoms with Gasteiger partial charge in [0.15, 0.2) is 0 Å². The number of carbonyl (C=O) groups excluding carboxylic acids is 1. The highest BCUT2D eigenvalue weighted by Crippen LogP contribution is 2.15. The van der Waals surface area contributed by atoms with Crippen LogP contribution in [0.3, 0.4) is 0 Å². The third-order valence-corrected chi connectivity index (χ3v) is 3.54. The summed E-state index contributed by atoms with van der Waals surface area (Å²) in [7, 11) is 0. The summed E-state index contributed by atoms with van der Waals surface area (Å²) in [6.07, 6.45) is 1.67. The molecule has 0 aliphatic rings. The average molecular weight is 290 g/mol. The second kappa shape index (κ2) is 5.71. The number of pyridine rings is 1. The molecule has 2 rings (SSSR count). The van der Waals surface area contributed by atoms with E-state index in [1.807, 2.05) is 33.8 Å². The molecule has 0 aromatic carbocycles. The maximum Gasteiger partial charge on any atom is 0.277 e. The molecular formula is C15H22N4O2. The molecule has 6 heteroatoms. The Kier molecular flexibility index (Phi) is 4.16. The van der Waals surface area contributed by atoms with Gasteiger partial charge in [-0.15, -0.1) is 0 Å². The van der Waals surface area contributed by atoms with Gasteiger partial charge in [-0.2, -0.15) is 5.10 Å². The van der Waals surface area contributed by atoms with Gasteiger partial charge in [-0.05, 0) is 40.7 Å². The fourth-order valence-electron chi connectivity index (χ4n) is 2.43. The molecule has 1 amide bonds. The van der Waals surface area contributed by atoms with Gasteiger partial charge >= 0.3 is 0 Å². The molecule has 2 aromatic rings. The lowest BCUT2D eigenvalue weighted by Gasteiger charge is -2.17. The molecule has 0 saturated heterocycles. The first-order valence-electron chi connectivity index (χ1n) is 7.25. The molecule has 0 spiro atoms. The largest absolute Gasteiger partial charge is 0.352 e. The van der Waals surface area contributed by atoms with Crippen LogP contribution in [0.2, 0.25) is 0 Å². The van der Waals surface area contributed by atoms with Crippen LogP contribution in [0.5, 0.6) is 0 Å². The first-order chi connectivity index (χ1) is 9.86. The number of nitrogens with one attached hydrogen (secondary N) is 1. The summed E-state index contributed by atoms with van der Waals surface area (Å²) in [5, 5.41) is 8.04. The fraction of sp³-hybridized carbons (Fsp3) is 0.533. The lowest BCUT2D eigenvalue weighted by molar-refractivity contribution is -0.124. The van der Waals surface area contributed by atoms with Gasteiger partial charge in [-0.1, -0.05) is 0 Å². The van der Waals surface area contributed by atoms with Crippen molar-refractivity contribution in [3.05, 3.63) is 28.3 Å². The normalized spacial score (nSPS) is 12.9. The van der Waals surface area contributed by atoms with Crippen molar-refractivity contribution >= 4 is 16.8 Å². The van der Waals surface area contributed by atoms with Gasteiger partial charge in [0.05, 0.1) is 5.69 Å². The van der Waals surface area contributed by atoms with E-state index >= 15 is 0 Å². The molecule has 0 saturated carbocycles. The van der Waals surface area contributed by atoms with Crippen molar-refractivity contribution in [1.82, 2.24) is 19.7 Å². The fourth-order valence-corrected chi connectivity index (χ4v) is 2.43. The van der Waals surface area contributed by atoms with Crippen LogP contribution in [0.15, 0.2) is 17.1 Å². The summed E-state index contributed by atoms with van der Waals surface area (Å²) in [4.78, 5) is 24.8. The maximum atomic E-state index is 12.7. The SMILES string of the molecule is CCn1nc(C)c2ccn(C(C)C(=O)NC(C)C)c(=O)c21. The number of nitrogens with zero attached hydrogens (tertiary/aromatic N) is 3. The summed E-state index contributed by atoms with van der Waals surface area (Å²) < 4.78 is 3.16. The number of rotatable bonds is 4. The Bertz CT molecular complexity index is 727. The lowest BCUT2D eigenvalue weighted by Crippen LogP contribution is -2.39. The quantitative estimate of drug-likeness (QED) is 0.930. The third kappa shape index (κ3) is 2.70. The highest BCUT2D eigenvalue weighted by atomic mass is 16.2. The summed E-state index contributed by atoms with van der Waals surface area (Å²) in [5.41, 5.74) is 1.21. The molecule has 0 fully saturated rings. The Labute approximate surface area is 123 Å². The van der Waals surface area contributed by atoms with Crippen LogP contribution in [0.1, 0.15) is 39.4 Å². The van der Waals surface area contributed by atoms with Crippen molar-refractivity contribution in [3.63, 3.8) is 0 Å². The monoisotopic (exact) mass is 290 g/mol. The number of aryl methyl sites for hydroxylation is 2. The van der Waals surface area contributed by atoms with E-state index < -0.39 is 6.04 Å². The Hall–Kier alpha value is -2.11. The van der Waals surface area contributed by atoms with Crippen LogP contribution in [0.4, 0.5) is 0 Å². The molecule has 0 radical (unpaired) electrons. The number of carbonyl (C=O) groups is 1. The van der Waals surface area contributed by atoms with Crippen LogP contribution in [0, 0.1) is 6.92 Å². The third-order valence-electron chi connectivity index (χ3n) is 3.54. The smallest absolute Gasteiger partial charge is 0.277 e. The van der Waals surface area contributed by atoms with Crippen molar-refractivity contribution in [2.75, 3.05) is 0 Å². The average Bonchev–Trinajstić information content (AvgIpc) is 2.75. The highest BCUT2D eigenvalue weighted by Gasteiger charge is 2.19. The zero-order chi connectivity index (χ0) is 15.7. The molecule has 21 heavy (non-hydrogen) atoms. The van der Waals surface area contributed by atoms with E-state index in [0.717, 1.165) is 11.1 Å². The Morgan fingerprint density at radius 3 is 2.62 bits per heavy atom. The van der Waals surface area contributed by atoms with Gasteiger partial charge in [-0.3, -0.25) is 14.3 Å². The molecule has 1 unspecified atom stereocenters. The minimum Gasteiger partial charge on any atom is -0.352 e. The minimum absolute atomic E-state index is 0.0443. The first-order valence-corrected chi connectivity index (χ1v) is 7.25. The van der Waals surface area contributed by atoms with Crippen LogP contribution in [-0.2, 0) is 11.3 Å². The summed E-state index contributed by atoms with van der Waals surface area (Å²) >= 11 is 0. The zero-order valence-electron chi connectivity index (χ0n) is 13.2.